The van der Waals surface area contributed by atoms with E-state index in [1.54, 1.807) is 17.2 Å². The lowest BCUT2D eigenvalue weighted by Gasteiger charge is -2.34. The number of β-amino-alcohol motifs (C(OH)–C–C–N with tert-alkyl or cyclic N) is 1. The number of piperidine rings is 1. The number of amides is 1. The molecule has 1 aromatic heterocycles. The number of hydrogen-bond acceptors (Lipinski definition) is 7. The van der Waals surface area contributed by atoms with Crippen molar-refractivity contribution in [3.05, 3.63) is 41.6 Å². The van der Waals surface area contributed by atoms with E-state index in [9.17, 15) is 9.90 Å². The smallest absolute Gasteiger partial charge is 0.259 e. The van der Waals surface area contributed by atoms with E-state index in [0.717, 1.165) is 43.7 Å². The normalized spacial score (nSPS) is 16.6. The predicted octanol–water partition coefficient (Wildman–Crippen LogP) is 2.58. The number of aliphatic hydroxyl groups excluding tert-OH is 1. The zero-order valence-electron chi connectivity index (χ0n) is 19.0. The molecule has 1 amide bonds. The Morgan fingerprint density at radius 3 is 2.88 bits per heavy atom. The summed E-state index contributed by atoms with van der Waals surface area (Å²) in [6.45, 7) is 8.11. The Bertz CT molecular complexity index is 928. The lowest BCUT2D eigenvalue weighted by Crippen LogP contribution is -2.42. The molecule has 2 aliphatic heterocycles. The lowest BCUT2D eigenvalue weighted by molar-refractivity contribution is 0.0972. The lowest BCUT2D eigenvalue weighted by atomic mass is 9.95. The van der Waals surface area contributed by atoms with Crippen LogP contribution in [0.4, 0.5) is 11.8 Å². The fourth-order valence-corrected chi connectivity index (χ4v) is 4.38. The first kappa shape index (κ1) is 22.5. The molecule has 2 aromatic rings. The van der Waals surface area contributed by atoms with Crippen LogP contribution in [-0.4, -0.2) is 71.3 Å². The van der Waals surface area contributed by atoms with E-state index < -0.39 is 0 Å². The minimum Gasteiger partial charge on any atom is -0.493 e. The predicted molar refractivity (Wildman–Crippen MR) is 124 cm³/mol. The van der Waals surface area contributed by atoms with Gasteiger partial charge in [0.25, 0.3) is 5.91 Å². The molecule has 0 atom stereocenters. The van der Waals surface area contributed by atoms with Crippen LogP contribution < -0.4 is 15.0 Å². The van der Waals surface area contributed by atoms with Crippen LogP contribution in [0.15, 0.2) is 30.5 Å². The van der Waals surface area contributed by atoms with Gasteiger partial charge in [-0.2, -0.15) is 4.98 Å². The Hall–Kier alpha value is -2.71. The third kappa shape index (κ3) is 5.37. The second-order valence-electron chi connectivity index (χ2n) is 8.88. The third-order valence-corrected chi connectivity index (χ3v) is 6.08. The molecule has 2 aliphatic rings. The molecule has 1 saturated heterocycles. The molecule has 1 aromatic carbocycles. The molecule has 0 aliphatic carbocycles. The van der Waals surface area contributed by atoms with E-state index in [1.807, 2.05) is 32.0 Å². The number of anilines is 2. The van der Waals surface area contributed by atoms with Crippen LogP contribution in [0, 0.1) is 5.92 Å². The fraction of sp³-hybridized carbons (Fsp3) is 0.542. The van der Waals surface area contributed by atoms with E-state index in [2.05, 4.69) is 20.2 Å². The van der Waals surface area contributed by atoms with Gasteiger partial charge in [-0.1, -0.05) is 0 Å². The minimum absolute atomic E-state index is 0.0494. The van der Waals surface area contributed by atoms with Crippen molar-refractivity contribution in [3.63, 3.8) is 0 Å². The number of aliphatic hydroxyl groups is 1. The molecule has 172 valence electrons. The molecule has 0 unspecified atom stereocenters. The van der Waals surface area contributed by atoms with Crippen LogP contribution >= 0.6 is 0 Å². The number of ether oxygens (including phenoxy) is 1. The zero-order valence-corrected chi connectivity index (χ0v) is 19.0. The molecular formula is C24H33N5O3. The van der Waals surface area contributed by atoms with E-state index >= 15 is 0 Å². The number of rotatable bonds is 8. The average Bonchev–Trinajstić information content (AvgIpc) is 3.26. The first-order chi connectivity index (χ1) is 15.5. The summed E-state index contributed by atoms with van der Waals surface area (Å²) in [6, 6.07) is 7.70. The highest BCUT2D eigenvalue weighted by Crippen LogP contribution is 2.28. The maximum atomic E-state index is 13.7. The van der Waals surface area contributed by atoms with Gasteiger partial charge >= 0.3 is 0 Å². The van der Waals surface area contributed by atoms with Crippen molar-refractivity contribution >= 4 is 17.7 Å². The summed E-state index contributed by atoms with van der Waals surface area (Å²) in [5.74, 6) is 2.34. The van der Waals surface area contributed by atoms with Gasteiger partial charge in [-0.05, 0) is 75.5 Å². The van der Waals surface area contributed by atoms with Crippen molar-refractivity contribution in [2.75, 3.05) is 49.6 Å². The second-order valence-corrected chi connectivity index (χ2v) is 8.88. The molecule has 2 N–H and O–H groups in total. The van der Waals surface area contributed by atoms with E-state index in [-0.39, 0.29) is 18.6 Å². The Kier molecular flexibility index (Phi) is 7.22. The topological polar surface area (TPSA) is 90.8 Å². The molecule has 0 radical (unpaired) electrons. The van der Waals surface area contributed by atoms with Crippen molar-refractivity contribution < 1.29 is 14.6 Å². The summed E-state index contributed by atoms with van der Waals surface area (Å²) < 4.78 is 5.61. The number of likely N-dealkylation sites (tertiary alicyclic amines) is 1. The van der Waals surface area contributed by atoms with Crippen molar-refractivity contribution in [2.24, 2.45) is 5.92 Å². The van der Waals surface area contributed by atoms with Crippen molar-refractivity contribution in [2.45, 2.75) is 39.2 Å². The van der Waals surface area contributed by atoms with Crippen LogP contribution in [0.1, 0.15) is 42.6 Å². The average molecular weight is 440 g/mol. The summed E-state index contributed by atoms with van der Waals surface area (Å²) in [7, 11) is 0. The number of carbonyl (C=O) groups is 1. The zero-order chi connectivity index (χ0) is 22.5. The molecule has 1 fully saturated rings. The molecule has 0 saturated carbocycles. The molecule has 0 bridgehead atoms. The third-order valence-electron chi connectivity index (χ3n) is 6.08. The number of nitrogens with zero attached hydrogens (tertiary/aromatic N) is 4. The van der Waals surface area contributed by atoms with E-state index in [1.165, 1.54) is 0 Å². The van der Waals surface area contributed by atoms with Gasteiger partial charge in [0.1, 0.15) is 11.6 Å². The summed E-state index contributed by atoms with van der Waals surface area (Å²) in [6.07, 6.45) is 4.51. The van der Waals surface area contributed by atoms with Gasteiger partial charge in [0.05, 0.1) is 13.2 Å². The van der Waals surface area contributed by atoms with Crippen LogP contribution in [0.2, 0.25) is 0 Å². The van der Waals surface area contributed by atoms with Crippen LogP contribution in [0.5, 0.6) is 5.75 Å². The van der Waals surface area contributed by atoms with E-state index in [0.29, 0.717) is 42.9 Å². The van der Waals surface area contributed by atoms with Gasteiger partial charge in [-0.25, -0.2) is 4.98 Å². The minimum atomic E-state index is -0.0494. The second kappa shape index (κ2) is 10.3. The number of carbonyl (C=O) groups excluding carboxylic acids is 1. The maximum Gasteiger partial charge on any atom is 0.259 e. The molecule has 0 spiro atoms. The number of benzene rings is 1. The van der Waals surface area contributed by atoms with Crippen LogP contribution in [0.3, 0.4) is 0 Å². The molecule has 8 heteroatoms. The first-order valence-corrected chi connectivity index (χ1v) is 11.5. The number of fused-ring (bicyclic) bond motifs is 1. The highest BCUT2D eigenvalue weighted by Gasteiger charge is 2.27. The maximum absolute atomic E-state index is 13.7. The largest absolute Gasteiger partial charge is 0.493 e. The Labute approximate surface area is 189 Å². The SMILES string of the molecule is CC(C)Nc1nccc(N(CC2CCN(CCO)CC2)C(=O)c2ccc3c(c2)CCO3)n1. The first-order valence-electron chi connectivity index (χ1n) is 11.5. The summed E-state index contributed by atoms with van der Waals surface area (Å²) >= 11 is 0. The Balaban J connectivity index is 1.57. The van der Waals surface area contributed by atoms with Crippen molar-refractivity contribution in [1.82, 2.24) is 14.9 Å². The van der Waals surface area contributed by atoms with Crippen LogP contribution in [0.25, 0.3) is 0 Å². The Morgan fingerprint density at radius 2 is 2.12 bits per heavy atom. The number of hydrogen-bond donors (Lipinski definition) is 2. The standard InChI is InChI=1S/C24H33N5O3/c1-17(2)26-24-25-9-5-22(27-24)29(16-18-6-10-28(11-7-18)12-13-30)23(31)20-3-4-21-19(15-20)8-14-32-21/h3-5,9,15,17-18,30H,6-8,10-14,16H2,1-2H3,(H,25,26,27). The van der Waals surface area contributed by atoms with Crippen molar-refractivity contribution in [3.8, 4) is 5.75 Å². The van der Waals surface area contributed by atoms with Crippen molar-refractivity contribution in [1.29, 1.82) is 0 Å². The number of aromatic nitrogens is 2. The number of nitrogens with one attached hydrogen (secondary N) is 1. The monoisotopic (exact) mass is 439 g/mol. The molecular weight excluding hydrogens is 406 g/mol. The summed E-state index contributed by atoms with van der Waals surface area (Å²) in [5, 5.41) is 12.4. The van der Waals surface area contributed by atoms with Gasteiger partial charge in [0.15, 0.2) is 0 Å². The quantitative estimate of drug-likeness (QED) is 0.653. The van der Waals surface area contributed by atoms with Crippen LogP contribution in [-0.2, 0) is 6.42 Å². The van der Waals surface area contributed by atoms with Gasteiger partial charge in [-0.3, -0.25) is 9.69 Å². The van der Waals surface area contributed by atoms with E-state index in [4.69, 9.17) is 4.74 Å². The molecule has 3 heterocycles. The molecule has 8 nitrogen and oxygen atoms in total. The summed E-state index contributed by atoms with van der Waals surface area (Å²) in [5.41, 5.74) is 1.74. The summed E-state index contributed by atoms with van der Waals surface area (Å²) in [4.78, 5) is 26.7. The van der Waals surface area contributed by atoms with Gasteiger partial charge in [0, 0.05) is 37.3 Å². The highest BCUT2D eigenvalue weighted by molar-refractivity contribution is 6.05. The highest BCUT2D eigenvalue weighted by atomic mass is 16.5. The molecule has 4 rings (SSSR count). The van der Waals surface area contributed by atoms with Gasteiger partial charge < -0.3 is 20.1 Å². The van der Waals surface area contributed by atoms with Gasteiger partial charge in [-0.15, -0.1) is 0 Å². The Morgan fingerprint density at radius 1 is 1.31 bits per heavy atom. The fourth-order valence-electron chi connectivity index (χ4n) is 4.38. The molecule has 32 heavy (non-hydrogen) atoms. The van der Waals surface area contributed by atoms with Gasteiger partial charge in [0.2, 0.25) is 5.95 Å².